The topological polar surface area (TPSA) is 38.9 Å². The van der Waals surface area contributed by atoms with Crippen LogP contribution in [0.25, 0.3) is 4.96 Å². The van der Waals surface area contributed by atoms with Crippen molar-refractivity contribution in [1.29, 1.82) is 0 Å². The second kappa shape index (κ2) is 9.41. The van der Waals surface area contributed by atoms with Gasteiger partial charge in [-0.05, 0) is 35.4 Å². The zero-order valence-corrected chi connectivity index (χ0v) is 18.8. The number of fused-ring (bicyclic) bond motifs is 1. The van der Waals surface area contributed by atoms with Gasteiger partial charge in [-0.2, -0.15) is 0 Å². The molecular formula is C20H14Cl3N3OS2. The highest BCUT2D eigenvalue weighted by atomic mass is 35.5. The summed E-state index contributed by atoms with van der Waals surface area (Å²) in [5.41, 5.74) is 2.95. The van der Waals surface area contributed by atoms with Gasteiger partial charge < -0.3 is 4.84 Å². The van der Waals surface area contributed by atoms with Crippen molar-refractivity contribution in [3.8, 4) is 0 Å². The molecule has 148 valence electrons. The monoisotopic (exact) mass is 481 g/mol. The molecule has 4 rings (SSSR count). The van der Waals surface area contributed by atoms with Gasteiger partial charge in [-0.1, -0.05) is 69.9 Å². The van der Waals surface area contributed by atoms with Gasteiger partial charge in [0.15, 0.2) is 4.96 Å². The summed E-state index contributed by atoms with van der Waals surface area (Å²) in [4.78, 5) is 11.1. The number of imidazole rings is 1. The molecule has 0 aliphatic rings. The third-order valence-corrected chi connectivity index (χ3v) is 6.82. The fraction of sp³-hybridized carbons (Fsp3) is 0.100. The van der Waals surface area contributed by atoms with E-state index in [-0.39, 0.29) is 0 Å². The van der Waals surface area contributed by atoms with Gasteiger partial charge in [0.25, 0.3) is 0 Å². The molecule has 0 aliphatic carbocycles. The quantitative estimate of drug-likeness (QED) is 0.159. The second-order valence-electron chi connectivity index (χ2n) is 6.03. The van der Waals surface area contributed by atoms with Crippen molar-refractivity contribution in [2.45, 2.75) is 17.4 Å². The summed E-state index contributed by atoms with van der Waals surface area (Å²) in [5.74, 6) is 0.785. The maximum absolute atomic E-state index is 6.03. The van der Waals surface area contributed by atoms with Crippen LogP contribution >= 0.6 is 57.9 Å². The van der Waals surface area contributed by atoms with Crippen molar-refractivity contribution >= 4 is 69.1 Å². The first-order chi connectivity index (χ1) is 14.1. The van der Waals surface area contributed by atoms with Crippen molar-refractivity contribution < 1.29 is 4.84 Å². The van der Waals surface area contributed by atoms with Gasteiger partial charge in [-0.15, -0.1) is 11.3 Å². The Bertz CT molecular complexity index is 1160. The van der Waals surface area contributed by atoms with Gasteiger partial charge in [0, 0.05) is 22.4 Å². The third kappa shape index (κ3) is 5.08. The summed E-state index contributed by atoms with van der Waals surface area (Å²) in [7, 11) is 0. The molecule has 2 aromatic heterocycles. The van der Waals surface area contributed by atoms with E-state index in [9.17, 15) is 0 Å². The number of benzene rings is 2. The minimum absolute atomic E-state index is 0.298. The number of thiazole rings is 1. The second-order valence-corrected chi connectivity index (χ2v) is 9.12. The third-order valence-electron chi connectivity index (χ3n) is 4.02. The first-order valence-corrected chi connectivity index (χ1v) is 11.5. The molecule has 0 bridgehead atoms. The zero-order valence-electron chi connectivity index (χ0n) is 14.9. The van der Waals surface area contributed by atoms with Gasteiger partial charge in [-0.25, -0.2) is 4.98 Å². The Morgan fingerprint density at radius 2 is 1.86 bits per heavy atom. The van der Waals surface area contributed by atoms with E-state index >= 15 is 0 Å². The van der Waals surface area contributed by atoms with Crippen LogP contribution in [0, 0.1) is 0 Å². The molecule has 0 spiro atoms. The Hall–Kier alpha value is -1.70. The van der Waals surface area contributed by atoms with Crippen molar-refractivity contribution in [2.24, 2.45) is 5.16 Å². The minimum atomic E-state index is 0.298. The average Bonchev–Trinajstić information content (AvgIpc) is 3.29. The van der Waals surface area contributed by atoms with Crippen LogP contribution in [0.3, 0.4) is 0 Å². The Morgan fingerprint density at radius 1 is 1.07 bits per heavy atom. The zero-order chi connectivity index (χ0) is 20.2. The fourth-order valence-corrected chi connectivity index (χ4v) is 4.74. The van der Waals surface area contributed by atoms with E-state index in [2.05, 4.69) is 5.16 Å². The SMILES string of the molecule is Clc1ccc(CSc2nc3sccn3c2/C=N/OCc2ccc(Cl)c(Cl)c2)cc1. The first-order valence-electron chi connectivity index (χ1n) is 8.52. The molecule has 0 N–H and O–H groups in total. The Kier molecular flexibility index (Phi) is 6.67. The highest BCUT2D eigenvalue weighted by Crippen LogP contribution is 2.28. The van der Waals surface area contributed by atoms with Crippen LogP contribution in [0.2, 0.25) is 15.1 Å². The van der Waals surface area contributed by atoms with E-state index in [1.807, 2.05) is 46.3 Å². The number of aromatic nitrogens is 2. The standard InChI is InChI=1S/C20H14Cl3N3OS2/c21-15-4-1-13(2-5-15)12-29-19-18(26-7-8-28-20(26)25-19)10-24-27-11-14-3-6-16(22)17(23)9-14/h1-10H,11-12H2/b24-10+. The molecular weight excluding hydrogens is 469 g/mol. The van der Waals surface area contributed by atoms with Crippen molar-refractivity contribution in [1.82, 2.24) is 9.38 Å². The molecule has 0 saturated heterocycles. The molecule has 0 fully saturated rings. The van der Waals surface area contributed by atoms with Crippen LogP contribution in [-0.2, 0) is 17.2 Å². The lowest BCUT2D eigenvalue weighted by Crippen LogP contribution is -1.93. The molecule has 9 heteroatoms. The average molecular weight is 483 g/mol. The largest absolute Gasteiger partial charge is 0.391 e. The molecule has 0 atom stereocenters. The van der Waals surface area contributed by atoms with Crippen LogP contribution in [0.15, 0.2) is 64.2 Å². The summed E-state index contributed by atoms with van der Waals surface area (Å²) >= 11 is 21.1. The van der Waals surface area contributed by atoms with E-state index in [4.69, 9.17) is 44.6 Å². The molecule has 0 radical (unpaired) electrons. The highest BCUT2D eigenvalue weighted by molar-refractivity contribution is 7.98. The molecule has 4 nitrogen and oxygen atoms in total. The van der Waals surface area contributed by atoms with Crippen LogP contribution in [0.1, 0.15) is 16.8 Å². The summed E-state index contributed by atoms with van der Waals surface area (Å²) in [6, 6.07) is 13.2. The molecule has 0 unspecified atom stereocenters. The summed E-state index contributed by atoms with van der Waals surface area (Å²) < 4.78 is 2.00. The van der Waals surface area contributed by atoms with Gasteiger partial charge in [0.1, 0.15) is 17.3 Å². The van der Waals surface area contributed by atoms with Crippen LogP contribution in [0.5, 0.6) is 0 Å². The molecule has 2 heterocycles. The smallest absolute Gasteiger partial charge is 0.195 e. The Balaban J connectivity index is 1.46. The lowest BCUT2D eigenvalue weighted by molar-refractivity contribution is 0.132. The maximum atomic E-state index is 6.03. The van der Waals surface area contributed by atoms with E-state index in [0.717, 1.165) is 32.0 Å². The van der Waals surface area contributed by atoms with Crippen LogP contribution in [-0.4, -0.2) is 15.6 Å². The molecule has 0 saturated carbocycles. The molecule has 29 heavy (non-hydrogen) atoms. The normalized spacial score (nSPS) is 11.6. The maximum Gasteiger partial charge on any atom is 0.195 e. The van der Waals surface area contributed by atoms with Gasteiger partial charge in [-0.3, -0.25) is 4.40 Å². The number of nitrogens with zero attached hydrogens (tertiary/aromatic N) is 3. The Labute approximate surface area is 191 Å². The minimum Gasteiger partial charge on any atom is -0.391 e. The summed E-state index contributed by atoms with van der Waals surface area (Å²) in [6.45, 7) is 0.298. The van der Waals surface area contributed by atoms with Gasteiger partial charge in [0.05, 0.1) is 16.3 Å². The summed E-state index contributed by atoms with van der Waals surface area (Å²) in [6.07, 6.45) is 3.66. The van der Waals surface area contributed by atoms with Crippen molar-refractivity contribution in [3.05, 3.63) is 85.9 Å². The van der Waals surface area contributed by atoms with E-state index in [1.165, 1.54) is 5.56 Å². The number of thioether (sulfide) groups is 1. The predicted molar refractivity (Wildman–Crippen MR) is 123 cm³/mol. The van der Waals surface area contributed by atoms with Gasteiger partial charge in [0.2, 0.25) is 0 Å². The first kappa shape index (κ1) is 20.6. The molecule has 0 amide bonds. The summed E-state index contributed by atoms with van der Waals surface area (Å²) in [5, 5.41) is 8.75. The predicted octanol–water partition coefficient (Wildman–Crippen LogP) is 7.20. The van der Waals surface area contributed by atoms with Crippen LogP contribution in [0.4, 0.5) is 0 Å². The van der Waals surface area contributed by atoms with Crippen molar-refractivity contribution in [2.75, 3.05) is 0 Å². The lowest BCUT2D eigenvalue weighted by Gasteiger charge is -2.03. The number of halogens is 3. The number of oxime groups is 1. The number of hydrogen-bond donors (Lipinski definition) is 0. The Morgan fingerprint density at radius 3 is 2.66 bits per heavy atom. The van der Waals surface area contributed by atoms with E-state index in [0.29, 0.717) is 16.7 Å². The van der Waals surface area contributed by atoms with Gasteiger partial charge >= 0.3 is 0 Å². The van der Waals surface area contributed by atoms with Crippen molar-refractivity contribution in [3.63, 3.8) is 0 Å². The molecule has 0 aliphatic heterocycles. The lowest BCUT2D eigenvalue weighted by atomic mass is 10.2. The van der Waals surface area contributed by atoms with E-state index in [1.54, 1.807) is 41.4 Å². The highest BCUT2D eigenvalue weighted by Gasteiger charge is 2.12. The fourth-order valence-electron chi connectivity index (χ4n) is 2.57. The molecule has 4 aromatic rings. The van der Waals surface area contributed by atoms with Crippen LogP contribution < -0.4 is 0 Å². The van der Waals surface area contributed by atoms with E-state index < -0.39 is 0 Å². The number of hydrogen-bond acceptors (Lipinski definition) is 5. The number of rotatable bonds is 7. The molecule has 2 aromatic carbocycles.